The van der Waals surface area contributed by atoms with Crippen LogP contribution in [0.4, 0.5) is 17.1 Å². The fourth-order valence-electron chi connectivity index (χ4n) is 3.20. The van der Waals surface area contributed by atoms with Gasteiger partial charge in [0.15, 0.2) is 0 Å². The molecule has 1 N–H and O–H groups in total. The Kier molecular flexibility index (Phi) is 7.61. The van der Waals surface area contributed by atoms with Crippen LogP contribution in [0.1, 0.15) is 38.8 Å². The summed E-state index contributed by atoms with van der Waals surface area (Å²) in [7, 11) is 0. The Bertz CT molecular complexity index is 811. The summed E-state index contributed by atoms with van der Waals surface area (Å²) in [5.74, 6) is -0.374. The van der Waals surface area contributed by atoms with E-state index in [1.54, 1.807) is 0 Å². The van der Waals surface area contributed by atoms with Gasteiger partial charge in [-0.2, -0.15) is 0 Å². The van der Waals surface area contributed by atoms with Gasteiger partial charge in [-0.05, 0) is 68.7 Å². The predicted molar refractivity (Wildman–Crippen MR) is 117 cm³/mol. The summed E-state index contributed by atoms with van der Waals surface area (Å²) in [5, 5.41) is 2.94. The number of aryl methyl sites for hydroxylation is 2. The first-order valence-electron chi connectivity index (χ1n) is 9.92. The van der Waals surface area contributed by atoms with Crippen LogP contribution in [0.25, 0.3) is 0 Å². The molecule has 0 bridgehead atoms. The Hall–Kier alpha value is -2.82. The molecule has 150 valence electrons. The number of rotatable bonds is 8. The van der Waals surface area contributed by atoms with Crippen molar-refractivity contribution in [1.29, 1.82) is 0 Å². The quantitative estimate of drug-likeness (QED) is 0.738. The van der Waals surface area contributed by atoms with E-state index in [9.17, 15) is 9.59 Å². The van der Waals surface area contributed by atoms with E-state index in [-0.39, 0.29) is 18.4 Å². The highest BCUT2D eigenvalue weighted by atomic mass is 16.2. The molecule has 0 fully saturated rings. The minimum absolute atomic E-state index is 0.0158. The zero-order chi connectivity index (χ0) is 20.7. The molecule has 0 unspecified atom stereocenters. The van der Waals surface area contributed by atoms with E-state index in [2.05, 4.69) is 37.1 Å². The SMILES string of the molecule is CCc1ccc(N(CC(=O)Nc2ccc(N(CC)CC)cc2C)C(C)=O)cc1. The summed E-state index contributed by atoms with van der Waals surface area (Å²) in [5.41, 5.74) is 4.83. The predicted octanol–water partition coefficient (Wildman–Crippen LogP) is 4.40. The summed E-state index contributed by atoms with van der Waals surface area (Å²) in [4.78, 5) is 28.4. The molecule has 28 heavy (non-hydrogen) atoms. The van der Waals surface area contributed by atoms with Gasteiger partial charge in [0.2, 0.25) is 11.8 Å². The Morgan fingerprint density at radius 2 is 1.54 bits per heavy atom. The molecular formula is C23H31N3O2. The fourth-order valence-corrected chi connectivity index (χ4v) is 3.20. The van der Waals surface area contributed by atoms with Gasteiger partial charge in [0, 0.05) is 37.1 Å². The van der Waals surface area contributed by atoms with Crippen molar-refractivity contribution in [2.45, 2.75) is 41.0 Å². The average Bonchev–Trinajstić information content (AvgIpc) is 2.69. The van der Waals surface area contributed by atoms with Crippen LogP contribution in [-0.4, -0.2) is 31.4 Å². The average molecular weight is 382 g/mol. The molecule has 0 aliphatic heterocycles. The number of hydrogen-bond acceptors (Lipinski definition) is 3. The van der Waals surface area contributed by atoms with Gasteiger partial charge in [0.1, 0.15) is 6.54 Å². The zero-order valence-corrected chi connectivity index (χ0v) is 17.6. The zero-order valence-electron chi connectivity index (χ0n) is 17.6. The molecule has 0 spiro atoms. The lowest BCUT2D eigenvalue weighted by molar-refractivity contribution is -0.120. The second-order valence-electron chi connectivity index (χ2n) is 6.84. The van der Waals surface area contributed by atoms with Crippen molar-refractivity contribution < 1.29 is 9.59 Å². The third-order valence-electron chi connectivity index (χ3n) is 4.95. The van der Waals surface area contributed by atoms with E-state index in [1.807, 2.05) is 43.3 Å². The van der Waals surface area contributed by atoms with Gasteiger partial charge >= 0.3 is 0 Å². The van der Waals surface area contributed by atoms with E-state index < -0.39 is 0 Å². The molecule has 2 aromatic rings. The molecule has 2 aromatic carbocycles. The summed E-state index contributed by atoms with van der Waals surface area (Å²) in [6.45, 7) is 11.6. The summed E-state index contributed by atoms with van der Waals surface area (Å²) >= 11 is 0. The Morgan fingerprint density at radius 3 is 2.04 bits per heavy atom. The lowest BCUT2D eigenvalue weighted by atomic mass is 10.1. The number of nitrogens with one attached hydrogen (secondary N) is 1. The molecule has 0 saturated heterocycles. The van der Waals surface area contributed by atoms with Gasteiger partial charge in [0.05, 0.1) is 0 Å². The second kappa shape index (κ2) is 9.93. The summed E-state index contributed by atoms with van der Waals surface area (Å²) in [6, 6.07) is 13.8. The van der Waals surface area contributed by atoms with E-state index in [4.69, 9.17) is 0 Å². The van der Waals surface area contributed by atoms with E-state index in [0.29, 0.717) is 0 Å². The van der Waals surface area contributed by atoms with Crippen molar-refractivity contribution in [3.8, 4) is 0 Å². The third-order valence-corrected chi connectivity index (χ3v) is 4.95. The maximum Gasteiger partial charge on any atom is 0.244 e. The highest BCUT2D eigenvalue weighted by Crippen LogP contribution is 2.23. The fraction of sp³-hybridized carbons (Fsp3) is 0.391. The minimum Gasteiger partial charge on any atom is -0.372 e. The molecule has 2 amide bonds. The molecule has 0 aromatic heterocycles. The first-order valence-corrected chi connectivity index (χ1v) is 9.92. The van der Waals surface area contributed by atoms with E-state index >= 15 is 0 Å². The minimum atomic E-state index is -0.214. The number of carbonyl (C=O) groups is 2. The maximum absolute atomic E-state index is 12.6. The number of hydrogen-bond donors (Lipinski definition) is 1. The van der Waals surface area contributed by atoms with Crippen molar-refractivity contribution in [2.24, 2.45) is 0 Å². The molecule has 5 heteroatoms. The normalized spacial score (nSPS) is 10.5. The van der Waals surface area contributed by atoms with Crippen LogP contribution in [-0.2, 0) is 16.0 Å². The number of amides is 2. The standard InChI is InChI=1S/C23H31N3O2/c1-6-19-9-11-20(12-10-19)26(18(5)27)16-23(28)24-22-14-13-21(15-17(22)4)25(7-2)8-3/h9-15H,6-8,16H2,1-5H3,(H,24,28). The molecule has 0 atom stereocenters. The van der Waals surface area contributed by atoms with Crippen LogP contribution in [0, 0.1) is 6.92 Å². The number of nitrogens with zero attached hydrogens (tertiary/aromatic N) is 2. The molecule has 5 nitrogen and oxygen atoms in total. The van der Waals surface area contributed by atoms with Crippen molar-refractivity contribution >= 4 is 28.9 Å². The van der Waals surface area contributed by atoms with Gasteiger partial charge in [-0.3, -0.25) is 9.59 Å². The van der Waals surface area contributed by atoms with Crippen molar-refractivity contribution in [3.63, 3.8) is 0 Å². The summed E-state index contributed by atoms with van der Waals surface area (Å²) < 4.78 is 0. The van der Waals surface area contributed by atoms with Crippen LogP contribution in [0.5, 0.6) is 0 Å². The molecule has 0 aliphatic carbocycles. The first kappa shape index (κ1) is 21.5. The van der Waals surface area contributed by atoms with Crippen molar-refractivity contribution in [3.05, 3.63) is 53.6 Å². The van der Waals surface area contributed by atoms with Gasteiger partial charge in [-0.15, -0.1) is 0 Å². The summed E-state index contributed by atoms with van der Waals surface area (Å²) in [6.07, 6.45) is 0.934. The van der Waals surface area contributed by atoms with E-state index in [1.165, 1.54) is 17.4 Å². The largest absolute Gasteiger partial charge is 0.372 e. The van der Waals surface area contributed by atoms with Crippen molar-refractivity contribution in [1.82, 2.24) is 0 Å². The smallest absolute Gasteiger partial charge is 0.244 e. The molecular weight excluding hydrogens is 350 g/mol. The Balaban J connectivity index is 2.11. The molecule has 2 rings (SSSR count). The van der Waals surface area contributed by atoms with Crippen LogP contribution in [0.2, 0.25) is 0 Å². The van der Waals surface area contributed by atoms with Gasteiger partial charge in [-0.1, -0.05) is 19.1 Å². The molecule has 0 aliphatic rings. The first-order chi connectivity index (χ1) is 13.4. The van der Waals surface area contributed by atoms with Gasteiger partial charge in [-0.25, -0.2) is 0 Å². The molecule has 0 radical (unpaired) electrons. The lowest BCUT2D eigenvalue weighted by Gasteiger charge is -2.23. The number of anilines is 3. The number of carbonyl (C=O) groups excluding carboxylic acids is 2. The van der Waals surface area contributed by atoms with Crippen LogP contribution < -0.4 is 15.1 Å². The van der Waals surface area contributed by atoms with Crippen molar-refractivity contribution in [2.75, 3.05) is 34.8 Å². The highest BCUT2D eigenvalue weighted by molar-refractivity contribution is 6.02. The third kappa shape index (κ3) is 5.35. The highest BCUT2D eigenvalue weighted by Gasteiger charge is 2.16. The second-order valence-corrected chi connectivity index (χ2v) is 6.84. The molecule has 0 saturated carbocycles. The Labute approximate surface area is 168 Å². The monoisotopic (exact) mass is 381 g/mol. The lowest BCUT2D eigenvalue weighted by Crippen LogP contribution is -2.36. The van der Waals surface area contributed by atoms with Gasteiger partial charge < -0.3 is 15.1 Å². The maximum atomic E-state index is 12.6. The van der Waals surface area contributed by atoms with Crippen LogP contribution >= 0.6 is 0 Å². The Morgan fingerprint density at radius 1 is 0.929 bits per heavy atom. The topological polar surface area (TPSA) is 52.7 Å². The van der Waals surface area contributed by atoms with Gasteiger partial charge in [0.25, 0.3) is 0 Å². The van der Waals surface area contributed by atoms with E-state index in [0.717, 1.165) is 42.1 Å². The number of benzene rings is 2. The van der Waals surface area contributed by atoms with Crippen LogP contribution in [0.3, 0.4) is 0 Å². The van der Waals surface area contributed by atoms with Crippen LogP contribution in [0.15, 0.2) is 42.5 Å². The molecule has 0 heterocycles.